The Labute approximate surface area is 78.8 Å². The fourth-order valence-corrected chi connectivity index (χ4v) is 1.40. The molecule has 70 valence electrons. The Morgan fingerprint density at radius 3 is 2.46 bits per heavy atom. The zero-order valence-electron chi connectivity index (χ0n) is 8.29. The summed E-state index contributed by atoms with van der Waals surface area (Å²) in [6, 6.07) is 3.67. The average Bonchev–Trinajstić information content (AvgIpc) is 2.09. The van der Waals surface area contributed by atoms with Crippen LogP contribution in [0.25, 0.3) is 0 Å². The standard InChI is InChI=1S/C11H15NO/c1-7(2)10-5-9(6-13)4-8(3)11(10)12/h4-7H,12H2,1-3H3. The van der Waals surface area contributed by atoms with E-state index < -0.39 is 0 Å². The van der Waals surface area contributed by atoms with Crippen molar-refractivity contribution in [1.82, 2.24) is 0 Å². The number of rotatable bonds is 2. The van der Waals surface area contributed by atoms with Crippen LogP contribution in [0.2, 0.25) is 0 Å². The highest BCUT2D eigenvalue weighted by atomic mass is 16.1. The molecule has 0 saturated heterocycles. The highest BCUT2D eigenvalue weighted by Gasteiger charge is 2.07. The van der Waals surface area contributed by atoms with Crippen LogP contribution in [0.1, 0.15) is 41.3 Å². The summed E-state index contributed by atoms with van der Waals surface area (Å²) in [5.74, 6) is 0.360. The van der Waals surface area contributed by atoms with Crippen molar-refractivity contribution in [2.45, 2.75) is 26.7 Å². The lowest BCUT2D eigenvalue weighted by Gasteiger charge is -2.12. The summed E-state index contributed by atoms with van der Waals surface area (Å²) in [6.07, 6.45) is 0.859. The molecule has 13 heavy (non-hydrogen) atoms. The summed E-state index contributed by atoms with van der Waals surface area (Å²) in [5, 5.41) is 0. The Bertz CT molecular complexity index is 329. The van der Waals surface area contributed by atoms with E-state index in [1.165, 1.54) is 0 Å². The minimum Gasteiger partial charge on any atom is -0.398 e. The van der Waals surface area contributed by atoms with Gasteiger partial charge in [-0.15, -0.1) is 0 Å². The van der Waals surface area contributed by atoms with Gasteiger partial charge in [0, 0.05) is 11.3 Å². The molecule has 0 aliphatic rings. The predicted molar refractivity (Wildman–Crippen MR) is 55.1 cm³/mol. The molecule has 0 atom stereocenters. The SMILES string of the molecule is Cc1cc(C=O)cc(C(C)C)c1N. The van der Waals surface area contributed by atoms with Crippen LogP contribution in [0.3, 0.4) is 0 Å². The highest BCUT2D eigenvalue weighted by molar-refractivity contribution is 5.78. The first-order chi connectivity index (χ1) is 6.06. The second-order valence-electron chi connectivity index (χ2n) is 3.61. The quantitative estimate of drug-likeness (QED) is 0.557. The second kappa shape index (κ2) is 3.60. The summed E-state index contributed by atoms with van der Waals surface area (Å²) in [7, 11) is 0. The van der Waals surface area contributed by atoms with Gasteiger partial charge in [0.25, 0.3) is 0 Å². The Hall–Kier alpha value is -1.31. The molecule has 0 bridgehead atoms. The number of anilines is 1. The van der Waals surface area contributed by atoms with E-state index in [4.69, 9.17) is 5.73 Å². The molecule has 1 rings (SSSR count). The number of nitrogen functional groups attached to an aromatic ring is 1. The molecule has 2 nitrogen and oxygen atoms in total. The number of aryl methyl sites for hydroxylation is 1. The number of carbonyl (C=O) groups is 1. The topological polar surface area (TPSA) is 43.1 Å². The normalized spacial score (nSPS) is 10.5. The van der Waals surface area contributed by atoms with Gasteiger partial charge >= 0.3 is 0 Å². The van der Waals surface area contributed by atoms with E-state index in [1.807, 2.05) is 19.1 Å². The molecule has 0 radical (unpaired) electrons. The fraction of sp³-hybridized carbons (Fsp3) is 0.364. The molecule has 2 heteroatoms. The summed E-state index contributed by atoms with van der Waals surface area (Å²) < 4.78 is 0. The fourth-order valence-electron chi connectivity index (χ4n) is 1.40. The minimum absolute atomic E-state index is 0.360. The largest absolute Gasteiger partial charge is 0.398 e. The van der Waals surface area contributed by atoms with Crippen LogP contribution in [0.15, 0.2) is 12.1 Å². The first kappa shape index (κ1) is 9.78. The van der Waals surface area contributed by atoms with Gasteiger partial charge in [-0.05, 0) is 36.1 Å². The van der Waals surface area contributed by atoms with E-state index in [9.17, 15) is 4.79 Å². The van der Waals surface area contributed by atoms with Crippen molar-refractivity contribution in [2.24, 2.45) is 0 Å². The van der Waals surface area contributed by atoms with E-state index in [2.05, 4.69) is 13.8 Å². The molecule has 2 N–H and O–H groups in total. The van der Waals surface area contributed by atoms with Gasteiger partial charge in [-0.1, -0.05) is 13.8 Å². The lowest BCUT2D eigenvalue weighted by Crippen LogP contribution is -2.00. The maximum atomic E-state index is 10.6. The number of hydrogen-bond acceptors (Lipinski definition) is 2. The molecule has 0 spiro atoms. The monoisotopic (exact) mass is 177 g/mol. The van der Waals surface area contributed by atoms with Gasteiger partial charge in [-0.25, -0.2) is 0 Å². The van der Waals surface area contributed by atoms with Crippen molar-refractivity contribution in [3.05, 3.63) is 28.8 Å². The van der Waals surface area contributed by atoms with Crippen LogP contribution in [0.4, 0.5) is 5.69 Å². The third kappa shape index (κ3) is 1.89. The highest BCUT2D eigenvalue weighted by Crippen LogP contribution is 2.25. The molecule has 0 fully saturated rings. The Balaban J connectivity index is 3.32. The van der Waals surface area contributed by atoms with Crippen LogP contribution < -0.4 is 5.73 Å². The van der Waals surface area contributed by atoms with Gasteiger partial charge < -0.3 is 5.73 Å². The van der Waals surface area contributed by atoms with Gasteiger partial charge in [0.1, 0.15) is 6.29 Å². The lowest BCUT2D eigenvalue weighted by molar-refractivity contribution is 0.112. The second-order valence-corrected chi connectivity index (χ2v) is 3.61. The van der Waals surface area contributed by atoms with Crippen molar-refractivity contribution >= 4 is 12.0 Å². The van der Waals surface area contributed by atoms with Crippen molar-refractivity contribution < 1.29 is 4.79 Å². The first-order valence-corrected chi connectivity index (χ1v) is 4.41. The van der Waals surface area contributed by atoms with Crippen LogP contribution >= 0.6 is 0 Å². The number of carbonyl (C=O) groups excluding carboxylic acids is 1. The van der Waals surface area contributed by atoms with E-state index in [0.717, 1.165) is 23.1 Å². The predicted octanol–water partition coefficient (Wildman–Crippen LogP) is 2.51. The first-order valence-electron chi connectivity index (χ1n) is 4.41. The van der Waals surface area contributed by atoms with Crippen LogP contribution in [-0.4, -0.2) is 6.29 Å². The Morgan fingerprint density at radius 1 is 1.38 bits per heavy atom. The van der Waals surface area contributed by atoms with Gasteiger partial charge in [0.15, 0.2) is 0 Å². The molecule has 0 amide bonds. The van der Waals surface area contributed by atoms with Crippen LogP contribution in [0.5, 0.6) is 0 Å². The van der Waals surface area contributed by atoms with E-state index >= 15 is 0 Å². The Kier molecular flexibility index (Phi) is 2.71. The zero-order valence-corrected chi connectivity index (χ0v) is 8.29. The molecule has 1 aromatic carbocycles. The number of hydrogen-bond donors (Lipinski definition) is 1. The van der Waals surface area contributed by atoms with E-state index in [0.29, 0.717) is 11.5 Å². The van der Waals surface area contributed by atoms with E-state index in [-0.39, 0.29) is 0 Å². The molecule has 0 aliphatic heterocycles. The van der Waals surface area contributed by atoms with Gasteiger partial charge in [-0.2, -0.15) is 0 Å². The summed E-state index contributed by atoms with van der Waals surface area (Å²) in [5.41, 5.74) is 9.44. The number of benzene rings is 1. The maximum absolute atomic E-state index is 10.6. The molecular weight excluding hydrogens is 162 g/mol. The third-order valence-corrected chi connectivity index (χ3v) is 2.20. The summed E-state index contributed by atoms with van der Waals surface area (Å²) >= 11 is 0. The molecule has 1 aromatic rings. The third-order valence-electron chi connectivity index (χ3n) is 2.20. The number of nitrogens with two attached hydrogens (primary N) is 1. The molecule has 0 aromatic heterocycles. The Morgan fingerprint density at radius 2 is 2.00 bits per heavy atom. The maximum Gasteiger partial charge on any atom is 0.150 e. The van der Waals surface area contributed by atoms with Crippen LogP contribution in [0, 0.1) is 6.92 Å². The van der Waals surface area contributed by atoms with Crippen molar-refractivity contribution in [3.8, 4) is 0 Å². The summed E-state index contributed by atoms with van der Waals surface area (Å²) in [6.45, 7) is 6.06. The average molecular weight is 177 g/mol. The van der Waals surface area contributed by atoms with Crippen molar-refractivity contribution in [3.63, 3.8) is 0 Å². The number of aldehydes is 1. The van der Waals surface area contributed by atoms with E-state index in [1.54, 1.807) is 0 Å². The molecule has 0 aliphatic carbocycles. The van der Waals surface area contributed by atoms with Crippen LogP contribution in [-0.2, 0) is 0 Å². The minimum atomic E-state index is 0.360. The van der Waals surface area contributed by atoms with Gasteiger partial charge in [0.2, 0.25) is 0 Å². The van der Waals surface area contributed by atoms with Crippen molar-refractivity contribution in [2.75, 3.05) is 5.73 Å². The zero-order chi connectivity index (χ0) is 10.0. The summed E-state index contributed by atoms with van der Waals surface area (Å²) in [4.78, 5) is 10.6. The van der Waals surface area contributed by atoms with Gasteiger partial charge in [-0.3, -0.25) is 4.79 Å². The van der Waals surface area contributed by atoms with Crippen molar-refractivity contribution in [1.29, 1.82) is 0 Å². The molecule has 0 unspecified atom stereocenters. The van der Waals surface area contributed by atoms with Gasteiger partial charge in [0.05, 0.1) is 0 Å². The molecule has 0 heterocycles. The molecule has 0 saturated carbocycles. The lowest BCUT2D eigenvalue weighted by atomic mass is 9.96. The smallest absolute Gasteiger partial charge is 0.150 e. The molecular formula is C11H15NO.